The van der Waals surface area contributed by atoms with Crippen molar-refractivity contribution in [1.82, 2.24) is 30.3 Å². The van der Waals surface area contributed by atoms with Gasteiger partial charge in [-0.15, -0.1) is 10.2 Å². The van der Waals surface area contributed by atoms with Crippen LogP contribution < -0.4 is 10.2 Å². The summed E-state index contributed by atoms with van der Waals surface area (Å²) in [7, 11) is 1.71. The van der Waals surface area contributed by atoms with Gasteiger partial charge in [-0.3, -0.25) is 9.88 Å². The van der Waals surface area contributed by atoms with Crippen molar-refractivity contribution < 1.29 is 14.1 Å². The summed E-state index contributed by atoms with van der Waals surface area (Å²) in [6.07, 6.45) is 3.40. The van der Waals surface area contributed by atoms with Gasteiger partial charge in [0.25, 0.3) is 0 Å². The van der Waals surface area contributed by atoms with Crippen LogP contribution in [0, 0.1) is 0 Å². The molecule has 32 heavy (non-hydrogen) atoms. The summed E-state index contributed by atoms with van der Waals surface area (Å²) in [4.78, 5) is 20.2. The second-order valence-corrected chi connectivity index (χ2v) is 7.71. The molecule has 2 aliphatic rings. The fraction of sp³-hybridized carbons (Fsp3) is 0.238. The molecule has 0 radical (unpaired) electrons. The number of benzene rings is 1. The van der Waals surface area contributed by atoms with E-state index >= 15 is 0 Å². The van der Waals surface area contributed by atoms with Crippen molar-refractivity contribution in [3.8, 4) is 22.6 Å². The molecule has 1 aromatic carbocycles. The highest BCUT2D eigenvalue weighted by Crippen LogP contribution is 2.40. The lowest BCUT2D eigenvalue weighted by molar-refractivity contribution is 0.137. The van der Waals surface area contributed by atoms with Gasteiger partial charge in [-0.2, -0.15) is 4.80 Å². The van der Waals surface area contributed by atoms with Gasteiger partial charge in [-0.25, -0.2) is 4.79 Å². The molecule has 1 unspecified atom stereocenters. The molecule has 6 rings (SSSR count). The minimum Gasteiger partial charge on any atom is -0.442 e. The predicted molar refractivity (Wildman–Crippen MR) is 113 cm³/mol. The van der Waals surface area contributed by atoms with Gasteiger partial charge in [0.1, 0.15) is 18.1 Å². The third-order valence-electron chi connectivity index (χ3n) is 5.73. The number of ether oxygens (including phenoxy) is 1. The minimum atomic E-state index is -0.323. The summed E-state index contributed by atoms with van der Waals surface area (Å²) in [5, 5.41) is 19.0. The largest absolute Gasteiger partial charge is 0.442 e. The Bertz CT molecular complexity index is 1280. The fourth-order valence-corrected chi connectivity index (χ4v) is 4.23. The zero-order valence-electron chi connectivity index (χ0n) is 17.0. The molecule has 11 nitrogen and oxygen atoms in total. The standard InChI is InChI=1S/C21H18N8O3/c1-28-25-20(24-27-28)15-4-2-13(10-22-15)12-3-5-16-14(8-12)9-17-18(32-21(30)29(16)17)11-23-19-6-7-31-26-19/h2-8,10,17-18H,9,11H2,1H3,(H,23,26)/t17-,18?/m0/s1. The molecule has 0 saturated carbocycles. The molecule has 5 heterocycles. The van der Waals surface area contributed by atoms with E-state index in [0.717, 1.165) is 28.8 Å². The molecule has 11 heteroatoms. The maximum Gasteiger partial charge on any atom is 0.415 e. The third kappa shape index (κ3) is 3.06. The summed E-state index contributed by atoms with van der Waals surface area (Å²) < 4.78 is 10.4. The molecule has 1 fully saturated rings. The van der Waals surface area contributed by atoms with Crippen LogP contribution in [0.3, 0.4) is 0 Å². The van der Waals surface area contributed by atoms with Crippen molar-refractivity contribution in [2.45, 2.75) is 18.6 Å². The normalized spacial score (nSPS) is 19.0. The smallest absolute Gasteiger partial charge is 0.415 e. The molecule has 0 spiro atoms. The second kappa shape index (κ2) is 7.15. The molecule has 1 N–H and O–H groups in total. The van der Waals surface area contributed by atoms with Crippen LogP contribution in [0.25, 0.3) is 22.6 Å². The van der Waals surface area contributed by atoms with Crippen LogP contribution >= 0.6 is 0 Å². The molecule has 1 saturated heterocycles. The molecule has 1 amide bonds. The molecule has 4 aromatic rings. The maximum atomic E-state index is 12.5. The van der Waals surface area contributed by atoms with Crippen LogP contribution in [-0.4, -0.2) is 55.1 Å². The van der Waals surface area contributed by atoms with Crippen LogP contribution in [0.5, 0.6) is 0 Å². The van der Waals surface area contributed by atoms with Crippen molar-refractivity contribution in [2.75, 3.05) is 16.8 Å². The molecular weight excluding hydrogens is 412 g/mol. The summed E-state index contributed by atoms with van der Waals surface area (Å²) in [5.41, 5.74) is 4.66. The lowest BCUT2D eigenvalue weighted by atomic mass is 10.0. The number of nitrogens with one attached hydrogen (secondary N) is 1. The topological polar surface area (TPSA) is 124 Å². The van der Waals surface area contributed by atoms with E-state index in [1.54, 1.807) is 24.2 Å². The Hall–Kier alpha value is -4.28. The zero-order valence-corrected chi connectivity index (χ0v) is 17.0. The Morgan fingerprint density at radius 2 is 2.09 bits per heavy atom. The fourth-order valence-electron chi connectivity index (χ4n) is 4.23. The third-order valence-corrected chi connectivity index (χ3v) is 5.73. The number of tetrazole rings is 1. The van der Waals surface area contributed by atoms with Crippen LogP contribution in [0.1, 0.15) is 5.56 Å². The van der Waals surface area contributed by atoms with Crippen LogP contribution in [0.15, 0.2) is 53.4 Å². The molecule has 0 bridgehead atoms. The lowest BCUT2D eigenvalue weighted by Crippen LogP contribution is -2.36. The average Bonchev–Trinajstić information content (AvgIpc) is 3.58. The van der Waals surface area contributed by atoms with Gasteiger partial charge in [-0.05, 0) is 41.0 Å². The number of anilines is 2. The number of pyridine rings is 1. The van der Waals surface area contributed by atoms with Crippen molar-refractivity contribution in [3.05, 3.63) is 54.4 Å². The highest BCUT2D eigenvalue weighted by molar-refractivity contribution is 5.94. The van der Waals surface area contributed by atoms with Gasteiger partial charge < -0.3 is 14.6 Å². The molecule has 2 atom stereocenters. The highest BCUT2D eigenvalue weighted by Gasteiger charge is 2.47. The first kappa shape index (κ1) is 18.5. The van der Waals surface area contributed by atoms with E-state index in [-0.39, 0.29) is 18.2 Å². The lowest BCUT2D eigenvalue weighted by Gasteiger charge is -2.16. The van der Waals surface area contributed by atoms with Gasteiger partial charge in [0.05, 0.1) is 25.3 Å². The van der Waals surface area contributed by atoms with Crippen molar-refractivity contribution in [3.63, 3.8) is 0 Å². The zero-order chi connectivity index (χ0) is 21.7. The van der Waals surface area contributed by atoms with E-state index in [4.69, 9.17) is 9.26 Å². The number of fused-ring (bicyclic) bond motifs is 3. The number of carbonyl (C=O) groups is 1. The van der Waals surface area contributed by atoms with Crippen LogP contribution in [0.4, 0.5) is 16.3 Å². The second-order valence-electron chi connectivity index (χ2n) is 7.71. The average molecular weight is 430 g/mol. The maximum absolute atomic E-state index is 12.5. The van der Waals surface area contributed by atoms with E-state index in [1.807, 2.05) is 24.3 Å². The first-order valence-electron chi connectivity index (χ1n) is 10.1. The SMILES string of the molecule is Cn1nnc(-c2ccc(-c3ccc4c(c3)C[C@H]3C(CNc5ccon5)OC(=O)N43)cn2)n1. The molecular formula is C21H18N8O3. The van der Waals surface area contributed by atoms with Gasteiger partial charge in [-0.1, -0.05) is 17.3 Å². The van der Waals surface area contributed by atoms with E-state index in [0.29, 0.717) is 23.9 Å². The summed E-state index contributed by atoms with van der Waals surface area (Å²) in [6, 6.07) is 11.6. The van der Waals surface area contributed by atoms with E-state index in [1.165, 1.54) is 11.1 Å². The highest BCUT2D eigenvalue weighted by atomic mass is 16.6. The quantitative estimate of drug-likeness (QED) is 0.508. The number of aryl methyl sites for hydroxylation is 1. The number of hydrogen-bond donors (Lipinski definition) is 1. The first-order valence-corrected chi connectivity index (χ1v) is 10.1. The molecule has 0 aliphatic carbocycles. The molecule has 3 aromatic heterocycles. The number of aromatic nitrogens is 6. The Morgan fingerprint density at radius 1 is 1.19 bits per heavy atom. The van der Waals surface area contributed by atoms with Crippen molar-refractivity contribution >= 4 is 17.6 Å². The monoisotopic (exact) mass is 430 g/mol. The summed E-state index contributed by atoms with van der Waals surface area (Å²) >= 11 is 0. The molecule has 160 valence electrons. The van der Waals surface area contributed by atoms with E-state index in [9.17, 15) is 4.79 Å². The Morgan fingerprint density at radius 3 is 2.84 bits per heavy atom. The van der Waals surface area contributed by atoms with E-state index < -0.39 is 0 Å². The van der Waals surface area contributed by atoms with E-state index in [2.05, 4.69) is 36.9 Å². The number of rotatable bonds is 5. The van der Waals surface area contributed by atoms with Gasteiger partial charge in [0.15, 0.2) is 5.82 Å². The van der Waals surface area contributed by atoms with Gasteiger partial charge >= 0.3 is 6.09 Å². The number of amides is 1. The van der Waals surface area contributed by atoms with Crippen LogP contribution in [0.2, 0.25) is 0 Å². The Balaban J connectivity index is 1.22. The van der Waals surface area contributed by atoms with Gasteiger partial charge in [0.2, 0.25) is 5.82 Å². The van der Waals surface area contributed by atoms with Gasteiger partial charge in [0, 0.05) is 17.8 Å². The van der Waals surface area contributed by atoms with Crippen molar-refractivity contribution in [2.24, 2.45) is 7.05 Å². The first-order chi connectivity index (χ1) is 15.7. The number of hydrogen-bond acceptors (Lipinski definition) is 9. The van der Waals surface area contributed by atoms with Crippen molar-refractivity contribution in [1.29, 1.82) is 0 Å². The molecule has 2 aliphatic heterocycles. The Labute approximate surface area is 182 Å². The summed E-state index contributed by atoms with van der Waals surface area (Å²) in [5.74, 6) is 1.10. The number of nitrogens with zero attached hydrogens (tertiary/aromatic N) is 7. The minimum absolute atomic E-state index is 0.0598. The predicted octanol–water partition coefficient (Wildman–Crippen LogP) is 2.29. The summed E-state index contributed by atoms with van der Waals surface area (Å²) in [6.45, 7) is 0.460. The number of carbonyl (C=O) groups excluding carboxylic acids is 1. The van der Waals surface area contributed by atoms with Crippen LogP contribution in [-0.2, 0) is 18.2 Å². The number of cyclic esters (lactones) is 1. The Kier molecular flexibility index (Phi) is 4.13.